The molecular weight excluding hydrogens is 350 g/mol. The number of nitrogens with one attached hydrogen (secondary N) is 1. The molecule has 1 N–H and O–H groups in total. The van der Waals surface area contributed by atoms with E-state index in [1.54, 1.807) is 0 Å². The molecule has 0 radical (unpaired) electrons. The molecule has 2 saturated heterocycles. The molecule has 0 bridgehead atoms. The molecule has 5 heteroatoms. The minimum Gasteiger partial charge on any atom is -0.356 e. The molecule has 2 amide bonds. The molecule has 2 aliphatic heterocycles. The summed E-state index contributed by atoms with van der Waals surface area (Å²) in [5, 5.41) is 3.07. The van der Waals surface area contributed by atoms with E-state index in [1.807, 2.05) is 36.1 Å². The largest absolute Gasteiger partial charge is 0.356 e. The number of carbonyl (C=O) groups is 2. The summed E-state index contributed by atoms with van der Waals surface area (Å²) in [5.74, 6) is 0.867. The summed E-state index contributed by atoms with van der Waals surface area (Å²) in [6.07, 6.45) is 7.24. The third-order valence-electron chi connectivity index (χ3n) is 6.15. The second kappa shape index (κ2) is 10.6. The quantitative estimate of drug-likeness (QED) is 0.699. The fourth-order valence-electron chi connectivity index (χ4n) is 4.26. The first-order valence-corrected chi connectivity index (χ1v) is 11.0. The molecule has 28 heavy (non-hydrogen) atoms. The number of likely N-dealkylation sites (tertiary alicyclic amines) is 2. The van der Waals surface area contributed by atoms with Gasteiger partial charge in [-0.1, -0.05) is 17.7 Å². The van der Waals surface area contributed by atoms with Crippen molar-refractivity contribution in [2.75, 3.05) is 39.3 Å². The van der Waals surface area contributed by atoms with Gasteiger partial charge in [-0.25, -0.2) is 0 Å². The van der Waals surface area contributed by atoms with Gasteiger partial charge in [0.1, 0.15) is 0 Å². The van der Waals surface area contributed by atoms with Crippen molar-refractivity contribution in [2.45, 2.75) is 51.9 Å². The summed E-state index contributed by atoms with van der Waals surface area (Å²) in [6.45, 7) is 7.97. The van der Waals surface area contributed by atoms with Gasteiger partial charge >= 0.3 is 0 Å². The van der Waals surface area contributed by atoms with E-state index in [0.29, 0.717) is 12.3 Å². The van der Waals surface area contributed by atoms with Crippen LogP contribution in [-0.2, 0) is 4.79 Å². The molecule has 154 valence electrons. The molecule has 0 unspecified atom stereocenters. The van der Waals surface area contributed by atoms with Crippen molar-refractivity contribution >= 4 is 11.8 Å². The van der Waals surface area contributed by atoms with E-state index < -0.39 is 0 Å². The second-order valence-corrected chi connectivity index (χ2v) is 8.39. The van der Waals surface area contributed by atoms with Crippen molar-refractivity contribution in [3.63, 3.8) is 0 Å². The normalized spacial score (nSPS) is 18.4. The van der Waals surface area contributed by atoms with E-state index >= 15 is 0 Å². The van der Waals surface area contributed by atoms with Crippen molar-refractivity contribution in [1.29, 1.82) is 0 Å². The maximum Gasteiger partial charge on any atom is 0.253 e. The lowest BCUT2D eigenvalue weighted by Crippen LogP contribution is -2.38. The molecule has 2 heterocycles. The van der Waals surface area contributed by atoms with Gasteiger partial charge in [-0.05, 0) is 83.1 Å². The van der Waals surface area contributed by atoms with E-state index in [-0.39, 0.29) is 11.8 Å². The maximum absolute atomic E-state index is 12.6. The molecule has 2 fully saturated rings. The highest BCUT2D eigenvalue weighted by molar-refractivity contribution is 5.94. The van der Waals surface area contributed by atoms with Crippen LogP contribution in [0.2, 0.25) is 0 Å². The summed E-state index contributed by atoms with van der Waals surface area (Å²) in [4.78, 5) is 29.1. The molecular formula is C23H35N3O2. The molecule has 0 spiro atoms. The van der Waals surface area contributed by atoms with Crippen molar-refractivity contribution in [3.8, 4) is 0 Å². The second-order valence-electron chi connectivity index (χ2n) is 8.39. The summed E-state index contributed by atoms with van der Waals surface area (Å²) in [6, 6.07) is 7.81. The van der Waals surface area contributed by atoms with Gasteiger partial charge in [0.25, 0.3) is 5.91 Å². The first-order valence-electron chi connectivity index (χ1n) is 11.0. The summed E-state index contributed by atoms with van der Waals surface area (Å²) >= 11 is 0. The SMILES string of the molecule is Cc1ccc(C(=O)N2CCC(CCC(=O)NCCCN3CCCC3)CC2)cc1. The fraction of sp³-hybridized carbons (Fsp3) is 0.652. The van der Waals surface area contributed by atoms with Gasteiger partial charge in [-0.15, -0.1) is 0 Å². The standard InChI is InChI=1S/C23H35N3O2/c1-19-5-8-21(9-6-19)23(28)26-17-11-20(12-18-26)7-10-22(27)24-13-4-16-25-14-2-3-15-25/h5-6,8-9,20H,2-4,7,10-18H2,1H3,(H,24,27). The average molecular weight is 386 g/mol. The van der Waals surface area contributed by atoms with Crippen molar-refractivity contribution < 1.29 is 9.59 Å². The van der Waals surface area contributed by atoms with E-state index in [2.05, 4.69) is 10.2 Å². The van der Waals surface area contributed by atoms with Crippen LogP contribution < -0.4 is 5.32 Å². The van der Waals surface area contributed by atoms with Crippen LogP contribution in [0, 0.1) is 12.8 Å². The lowest BCUT2D eigenvalue weighted by molar-refractivity contribution is -0.121. The Balaban J connectivity index is 1.28. The highest BCUT2D eigenvalue weighted by Crippen LogP contribution is 2.23. The van der Waals surface area contributed by atoms with Crippen LogP contribution >= 0.6 is 0 Å². The predicted octanol–water partition coefficient (Wildman–Crippen LogP) is 3.23. The van der Waals surface area contributed by atoms with Gasteiger partial charge in [-0.3, -0.25) is 9.59 Å². The molecule has 1 aromatic rings. The number of carbonyl (C=O) groups excluding carboxylic acids is 2. The van der Waals surface area contributed by atoms with Crippen molar-refractivity contribution in [3.05, 3.63) is 35.4 Å². The third kappa shape index (κ3) is 6.33. The predicted molar refractivity (Wildman–Crippen MR) is 112 cm³/mol. The van der Waals surface area contributed by atoms with Gasteiger partial charge in [0, 0.05) is 31.6 Å². The van der Waals surface area contributed by atoms with Crippen LogP contribution in [0.1, 0.15) is 60.9 Å². The molecule has 2 aliphatic rings. The zero-order valence-electron chi connectivity index (χ0n) is 17.3. The number of amides is 2. The first kappa shape index (κ1) is 20.8. The van der Waals surface area contributed by atoms with Gasteiger partial charge in [-0.2, -0.15) is 0 Å². The summed E-state index contributed by atoms with van der Waals surface area (Å²) < 4.78 is 0. The number of rotatable bonds is 8. The molecule has 3 rings (SSSR count). The molecule has 5 nitrogen and oxygen atoms in total. The highest BCUT2D eigenvalue weighted by Gasteiger charge is 2.24. The Hall–Kier alpha value is -1.88. The smallest absolute Gasteiger partial charge is 0.253 e. The van der Waals surface area contributed by atoms with E-state index in [1.165, 1.54) is 31.5 Å². The van der Waals surface area contributed by atoms with Crippen LogP contribution in [0.25, 0.3) is 0 Å². The van der Waals surface area contributed by atoms with E-state index in [0.717, 1.165) is 57.4 Å². The minimum atomic E-state index is 0.134. The summed E-state index contributed by atoms with van der Waals surface area (Å²) in [7, 11) is 0. The van der Waals surface area contributed by atoms with Gasteiger partial charge < -0.3 is 15.1 Å². The number of hydrogen-bond acceptors (Lipinski definition) is 3. The number of aryl methyl sites for hydroxylation is 1. The van der Waals surface area contributed by atoms with Gasteiger partial charge in [0.2, 0.25) is 5.91 Å². The fourth-order valence-corrected chi connectivity index (χ4v) is 4.26. The molecule has 1 aromatic carbocycles. The lowest BCUT2D eigenvalue weighted by atomic mass is 9.91. The minimum absolute atomic E-state index is 0.134. The number of benzene rings is 1. The maximum atomic E-state index is 12.6. The Labute approximate surface area is 169 Å². The monoisotopic (exact) mass is 385 g/mol. The van der Waals surface area contributed by atoms with Gasteiger partial charge in [0.15, 0.2) is 0 Å². The number of hydrogen-bond donors (Lipinski definition) is 1. The Morgan fingerprint density at radius 3 is 2.39 bits per heavy atom. The first-order chi connectivity index (χ1) is 13.6. The third-order valence-corrected chi connectivity index (χ3v) is 6.15. The Morgan fingerprint density at radius 2 is 1.71 bits per heavy atom. The van der Waals surface area contributed by atoms with Crippen LogP contribution in [-0.4, -0.2) is 60.9 Å². The lowest BCUT2D eigenvalue weighted by Gasteiger charge is -2.32. The van der Waals surface area contributed by atoms with E-state index in [9.17, 15) is 9.59 Å². The number of piperidine rings is 1. The van der Waals surface area contributed by atoms with Crippen molar-refractivity contribution in [1.82, 2.24) is 15.1 Å². The summed E-state index contributed by atoms with van der Waals surface area (Å²) in [5.41, 5.74) is 1.95. The number of nitrogens with zero attached hydrogens (tertiary/aromatic N) is 2. The Morgan fingerprint density at radius 1 is 1.04 bits per heavy atom. The molecule has 0 saturated carbocycles. The zero-order valence-corrected chi connectivity index (χ0v) is 17.3. The Bertz CT molecular complexity index is 630. The van der Waals surface area contributed by atoms with Crippen LogP contribution in [0.4, 0.5) is 0 Å². The Kier molecular flexibility index (Phi) is 7.90. The van der Waals surface area contributed by atoms with E-state index in [4.69, 9.17) is 0 Å². The average Bonchev–Trinajstić information content (AvgIpc) is 3.24. The van der Waals surface area contributed by atoms with Crippen LogP contribution in [0.15, 0.2) is 24.3 Å². The van der Waals surface area contributed by atoms with Gasteiger partial charge in [0.05, 0.1) is 0 Å². The van der Waals surface area contributed by atoms with Crippen LogP contribution in [0.5, 0.6) is 0 Å². The zero-order chi connectivity index (χ0) is 19.8. The molecule has 0 aliphatic carbocycles. The highest BCUT2D eigenvalue weighted by atomic mass is 16.2. The molecule has 0 aromatic heterocycles. The van der Waals surface area contributed by atoms with Crippen LogP contribution in [0.3, 0.4) is 0 Å². The topological polar surface area (TPSA) is 52.7 Å². The van der Waals surface area contributed by atoms with Crippen molar-refractivity contribution in [2.24, 2.45) is 5.92 Å². The molecule has 0 atom stereocenters.